The molecule has 2 fully saturated rings. The van der Waals surface area contributed by atoms with Crippen LogP contribution < -0.4 is 15.5 Å². The van der Waals surface area contributed by atoms with Gasteiger partial charge in [-0.05, 0) is 44.7 Å². The first-order valence-corrected chi connectivity index (χ1v) is 12.4. The van der Waals surface area contributed by atoms with Crippen molar-refractivity contribution in [2.75, 3.05) is 23.3 Å². The zero-order valence-corrected chi connectivity index (χ0v) is 20.1. The van der Waals surface area contributed by atoms with Crippen LogP contribution in [0.5, 0.6) is 0 Å². The smallest absolute Gasteiger partial charge is 0.227 e. The van der Waals surface area contributed by atoms with Gasteiger partial charge in [-0.15, -0.1) is 0 Å². The van der Waals surface area contributed by atoms with E-state index in [1.54, 1.807) is 0 Å². The van der Waals surface area contributed by atoms with Crippen molar-refractivity contribution in [1.82, 2.24) is 15.1 Å². The number of carbonyl (C=O) groups is 2. The van der Waals surface area contributed by atoms with Crippen LogP contribution in [0.25, 0.3) is 5.69 Å². The van der Waals surface area contributed by atoms with Crippen molar-refractivity contribution in [2.45, 2.75) is 71.8 Å². The summed E-state index contributed by atoms with van der Waals surface area (Å²) >= 11 is 0. The Kier molecular flexibility index (Phi) is 7.36. The highest BCUT2D eigenvalue weighted by atomic mass is 16.2. The highest BCUT2D eigenvalue weighted by molar-refractivity contribution is 5.96. The third kappa shape index (κ3) is 5.40. The first-order valence-electron chi connectivity index (χ1n) is 12.4. The maximum absolute atomic E-state index is 12.9. The lowest BCUT2D eigenvalue weighted by molar-refractivity contribution is -0.126. The highest BCUT2D eigenvalue weighted by Gasteiger charge is 2.31. The molecule has 1 aromatic heterocycles. The van der Waals surface area contributed by atoms with E-state index in [0.29, 0.717) is 6.04 Å². The third-order valence-corrected chi connectivity index (χ3v) is 6.93. The predicted octanol–water partition coefficient (Wildman–Crippen LogP) is 4.44. The number of hydrogen-bond acceptors (Lipinski definition) is 4. The SMILES string of the molecule is Cc1nn(-c2ccccc2)c(N2CCC(C(=O)NC3CCCCC3)CC2)c1NC(=O)C(C)C. The average molecular weight is 452 g/mol. The Labute approximate surface area is 196 Å². The number of para-hydroxylation sites is 1. The van der Waals surface area contributed by atoms with Crippen LogP contribution in [0.2, 0.25) is 0 Å². The summed E-state index contributed by atoms with van der Waals surface area (Å²) < 4.78 is 1.92. The summed E-state index contributed by atoms with van der Waals surface area (Å²) in [6, 6.07) is 10.4. The second kappa shape index (κ2) is 10.4. The van der Waals surface area contributed by atoms with Gasteiger partial charge in [-0.3, -0.25) is 9.59 Å². The molecule has 1 saturated carbocycles. The van der Waals surface area contributed by atoms with Gasteiger partial charge in [-0.25, -0.2) is 4.68 Å². The monoisotopic (exact) mass is 451 g/mol. The molecule has 33 heavy (non-hydrogen) atoms. The van der Waals surface area contributed by atoms with E-state index in [2.05, 4.69) is 15.5 Å². The summed E-state index contributed by atoms with van der Waals surface area (Å²) in [5.41, 5.74) is 2.51. The average Bonchev–Trinajstić information content (AvgIpc) is 3.16. The fourth-order valence-corrected chi connectivity index (χ4v) is 4.89. The van der Waals surface area contributed by atoms with Gasteiger partial charge >= 0.3 is 0 Å². The van der Waals surface area contributed by atoms with E-state index in [9.17, 15) is 9.59 Å². The normalized spacial score (nSPS) is 17.9. The van der Waals surface area contributed by atoms with E-state index in [1.807, 2.05) is 55.8 Å². The molecule has 7 nitrogen and oxygen atoms in total. The lowest BCUT2D eigenvalue weighted by atomic mass is 9.92. The molecule has 0 atom stereocenters. The summed E-state index contributed by atoms with van der Waals surface area (Å²) in [5, 5.41) is 11.2. The zero-order valence-electron chi connectivity index (χ0n) is 20.1. The molecule has 2 aliphatic rings. The summed E-state index contributed by atoms with van der Waals surface area (Å²) in [6.45, 7) is 7.23. The minimum absolute atomic E-state index is 0.0197. The molecule has 2 aromatic rings. The molecular formula is C26H37N5O2. The minimum atomic E-state index is -0.119. The van der Waals surface area contributed by atoms with Crippen LogP contribution in [-0.2, 0) is 9.59 Å². The minimum Gasteiger partial charge on any atom is -0.355 e. The van der Waals surface area contributed by atoms with Gasteiger partial charge in [-0.2, -0.15) is 5.10 Å². The molecule has 1 saturated heterocycles. The second-order valence-electron chi connectivity index (χ2n) is 9.78. The third-order valence-electron chi connectivity index (χ3n) is 6.93. The fraction of sp³-hybridized carbons (Fsp3) is 0.577. The van der Waals surface area contributed by atoms with Gasteiger partial charge in [0.05, 0.1) is 11.4 Å². The van der Waals surface area contributed by atoms with E-state index >= 15 is 0 Å². The summed E-state index contributed by atoms with van der Waals surface area (Å²) in [5.74, 6) is 1.02. The van der Waals surface area contributed by atoms with E-state index in [-0.39, 0.29) is 23.7 Å². The van der Waals surface area contributed by atoms with E-state index in [0.717, 1.165) is 61.7 Å². The van der Waals surface area contributed by atoms with Gasteiger partial charge in [0, 0.05) is 31.0 Å². The van der Waals surface area contributed by atoms with Crippen molar-refractivity contribution in [1.29, 1.82) is 0 Å². The summed E-state index contributed by atoms with van der Waals surface area (Å²) in [6.07, 6.45) is 7.55. The zero-order chi connectivity index (χ0) is 23.4. The van der Waals surface area contributed by atoms with Gasteiger partial charge in [-0.1, -0.05) is 51.3 Å². The van der Waals surface area contributed by atoms with Gasteiger partial charge < -0.3 is 15.5 Å². The number of aromatic nitrogens is 2. The largest absolute Gasteiger partial charge is 0.355 e. The number of benzene rings is 1. The molecule has 0 spiro atoms. The lowest BCUT2D eigenvalue weighted by Crippen LogP contribution is -2.45. The number of carbonyl (C=O) groups excluding carboxylic acids is 2. The Morgan fingerprint density at radius 2 is 1.67 bits per heavy atom. The second-order valence-corrected chi connectivity index (χ2v) is 9.78. The lowest BCUT2D eigenvalue weighted by Gasteiger charge is -2.34. The molecule has 2 heterocycles. The van der Waals surface area contributed by atoms with Gasteiger partial charge in [0.25, 0.3) is 0 Å². The van der Waals surface area contributed by atoms with Crippen LogP contribution in [-0.4, -0.2) is 40.7 Å². The van der Waals surface area contributed by atoms with Crippen LogP contribution >= 0.6 is 0 Å². The molecule has 1 aliphatic heterocycles. The van der Waals surface area contributed by atoms with Gasteiger partial charge in [0.15, 0.2) is 5.82 Å². The van der Waals surface area contributed by atoms with Crippen LogP contribution in [0, 0.1) is 18.8 Å². The van der Waals surface area contributed by atoms with Crippen molar-refractivity contribution in [3.63, 3.8) is 0 Å². The number of nitrogens with zero attached hydrogens (tertiary/aromatic N) is 3. The first kappa shape index (κ1) is 23.3. The molecule has 1 aromatic carbocycles. The van der Waals surface area contributed by atoms with Crippen molar-refractivity contribution < 1.29 is 9.59 Å². The Morgan fingerprint density at radius 3 is 2.30 bits per heavy atom. The standard InChI is InChI=1S/C26H37N5O2/c1-18(2)24(32)28-23-19(3)29-31(22-12-8-5-9-13-22)26(23)30-16-14-20(15-17-30)25(33)27-21-10-6-4-7-11-21/h5,8-9,12-13,18,20-21H,4,6-7,10-11,14-17H2,1-3H3,(H,27,33)(H,28,32). The number of nitrogens with one attached hydrogen (secondary N) is 2. The van der Waals surface area contributed by atoms with Crippen molar-refractivity contribution in [2.24, 2.45) is 11.8 Å². The molecule has 2 N–H and O–H groups in total. The van der Waals surface area contributed by atoms with E-state index in [4.69, 9.17) is 5.10 Å². The molecule has 2 amide bonds. The Bertz CT molecular complexity index is 955. The van der Waals surface area contributed by atoms with Crippen molar-refractivity contribution >= 4 is 23.3 Å². The fourth-order valence-electron chi connectivity index (χ4n) is 4.89. The molecule has 1 aliphatic carbocycles. The number of hydrogen-bond donors (Lipinski definition) is 2. The first-order chi connectivity index (χ1) is 15.9. The van der Waals surface area contributed by atoms with Crippen LogP contribution in [0.1, 0.15) is 64.5 Å². The molecule has 7 heteroatoms. The predicted molar refractivity (Wildman–Crippen MR) is 132 cm³/mol. The Balaban J connectivity index is 1.52. The number of aryl methyl sites for hydroxylation is 1. The number of anilines is 2. The number of rotatable bonds is 6. The molecule has 178 valence electrons. The number of piperidine rings is 1. The topological polar surface area (TPSA) is 79.3 Å². The molecular weight excluding hydrogens is 414 g/mol. The number of amides is 2. The molecule has 0 radical (unpaired) electrons. The van der Waals surface area contributed by atoms with E-state index in [1.165, 1.54) is 19.3 Å². The Morgan fingerprint density at radius 1 is 1.00 bits per heavy atom. The van der Waals surface area contributed by atoms with Crippen LogP contribution in [0.4, 0.5) is 11.5 Å². The molecule has 0 unspecified atom stereocenters. The molecule has 4 rings (SSSR count). The summed E-state index contributed by atoms with van der Waals surface area (Å²) in [4.78, 5) is 27.7. The maximum Gasteiger partial charge on any atom is 0.227 e. The van der Waals surface area contributed by atoms with Crippen LogP contribution in [0.3, 0.4) is 0 Å². The highest BCUT2D eigenvalue weighted by Crippen LogP contribution is 2.35. The Hall–Kier alpha value is -2.83. The quantitative estimate of drug-likeness (QED) is 0.681. The van der Waals surface area contributed by atoms with Crippen molar-refractivity contribution in [3.8, 4) is 5.69 Å². The molecule has 0 bridgehead atoms. The van der Waals surface area contributed by atoms with Crippen molar-refractivity contribution in [3.05, 3.63) is 36.0 Å². The van der Waals surface area contributed by atoms with Gasteiger partial charge in [0.2, 0.25) is 11.8 Å². The van der Waals surface area contributed by atoms with E-state index < -0.39 is 0 Å². The van der Waals surface area contributed by atoms with Gasteiger partial charge in [0.1, 0.15) is 5.69 Å². The summed E-state index contributed by atoms with van der Waals surface area (Å²) in [7, 11) is 0. The maximum atomic E-state index is 12.9. The van der Waals surface area contributed by atoms with Crippen LogP contribution in [0.15, 0.2) is 30.3 Å².